The smallest absolute Gasteiger partial charge is 0.257 e. The average Bonchev–Trinajstić information content (AvgIpc) is 2.65. The second-order valence-corrected chi connectivity index (χ2v) is 5.85. The Morgan fingerprint density at radius 2 is 1.62 bits per heavy atom. The summed E-state index contributed by atoms with van der Waals surface area (Å²) in [5, 5.41) is 2.74. The van der Waals surface area contributed by atoms with Gasteiger partial charge in [0.25, 0.3) is 5.91 Å². The molecule has 0 aliphatic carbocycles. The molecule has 0 unspecified atom stereocenters. The Morgan fingerprint density at radius 1 is 1.00 bits per heavy atom. The van der Waals surface area contributed by atoms with Crippen LogP contribution in [0.3, 0.4) is 0 Å². The predicted molar refractivity (Wildman–Crippen MR) is 89.8 cm³/mol. The highest BCUT2D eigenvalue weighted by Crippen LogP contribution is 2.16. The van der Waals surface area contributed by atoms with Crippen LogP contribution < -0.4 is 5.32 Å². The Balaban J connectivity index is 1.63. The fourth-order valence-electron chi connectivity index (χ4n) is 2.61. The average molecular weight is 361 g/mol. The van der Waals surface area contributed by atoms with Crippen molar-refractivity contribution >= 4 is 23.5 Å². The molecule has 0 bridgehead atoms. The van der Waals surface area contributed by atoms with Crippen LogP contribution in [0.4, 0.5) is 20.4 Å². The Morgan fingerprint density at radius 3 is 2.19 bits per heavy atom. The molecule has 1 saturated heterocycles. The van der Waals surface area contributed by atoms with Crippen molar-refractivity contribution in [3.05, 3.63) is 47.8 Å². The Kier molecular flexibility index (Phi) is 5.06. The van der Waals surface area contributed by atoms with Crippen molar-refractivity contribution in [2.45, 2.75) is 6.92 Å². The molecular formula is C17H17F2N5O2. The van der Waals surface area contributed by atoms with E-state index < -0.39 is 11.6 Å². The van der Waals surface area contributed by atoms with Crippen LogP contribution in [-0.4, -0.2) is 57.8 Å². The molecule has 2 aromatic rings. The third kappa shape index (κ3) is 3.93. The lowest BCUT2D eigenvalue weighted by molar-refractivity contribution is -0.130. The van der Waals surface area contributed by atoms with E-state index >= 15 is 0 Å². The van der Waals surface area contributed by atoms with Crippen molar-refractivity contribution in [1.29, 1.82) is 0 Å². The second-order valence-electron chi connectivity index (χ2n) is 5.85. The summed E-state index contributed by atoms with van der Waals surface area (Å²) in [6, 6.07) is 3.35. The summed E-state index contributed by atoms with van der Waals surface area (Å²) in [6.07, 6.45) is 2.74. The number of carbonyl (C=O) groups excluding carboxylic acids is 2. The maximum Gasteiger partial charge on any atom is 0.257 e. The highest BCUT2D eigenvalue weighted by Gasteiger charge is 2.23. The fraction of sp³-hybridized carbons (Fsp3) is 0.294. The van der Waals surface area contributed by atoms with Crippen molar-refractivity contribution in [3.63, 3.8) is 0 Å². The van der Waals surface area contributed by atoms with Crippen molar-refractivity contribution in [2.24, 2.45) is 0 Å². The molecule has 3 rings (SSSR count). The summed E-state index contributed by atoms with van der Waals surface area (Å²) in [7, 11) is 0. The molecule has 1 aliphatic rings. The van der Waals surface area contributed by atoms with Crippen LogP contribution in [-0.2, 0) is 4.79 Å². The van der Waals surface area contributed by atoms with Gasteiger partial charge in [0.2, 0.25) is 11.9 Å². The Labute approximate surface area is 148 Å². The third-order valence-corrected chi connectivity index (χ3v) is 4.09. The van der Waals surface area contributed by atoms with Gasteiger partial charge >= 0.3 is 0 Å². The van der Waals surface area contributed by atoms with Gasteiger partial charge in [0, 0.05) is 57.3 Å². The van der Waals surface area contributed by atoms with E-state index in [4.69, 9.17) is 0 Å². The number of benzene rings is 1. The van der Waals surface area contributed by atoms with Gasteiger partial charge < -0.3 is 15.1 Å². The van der Waals surface area contributed by atoms with Crippen LogP contribution in [0.25, 0.3) is 0 Å². The molecule has 1 fully saturated rings. The summed E-state index contributed by atoms with van der Waals surface area (Å²) >= 11 is 0. The molecule has 0 saturated carbocycles. The van der Waals surface area contributed by atoms with Crippen molar-refractivity contribution in [2.75, 3.05) is 31.5 Å². The molecule has 0 spiro atoms. The zero-order valence-electron chi connectivity index (χ0n) is 14.1. The van der Waals surface area contributed by atoms with E-state index in [2.05, 4.69) is 15.3 Å². The van der Waals surface area contributed by atoms with E-state index in [0.717, 1.165) is 12.1 Å². The lowest BCUT2D eigenvalue weighted by Crippen LogP contribution is -2.50. The monoisotopic (exact) mass is 361 g/mol. The van der Waals surface area contributed by atoms with Crippen molar-refractivity contribution in [3.8, 4) is 0 Å². The van der Waals surface area contributed by atoms with E-state index in [9.17, 15) is 18.4 Å². The summed E-state index contributed by atoms with van der Waals surface area (Å²) < 4.78 is 26.1. The van der Waals surface area contributed by atoms with Gasteiger partial charge in [-0.15, -0.1) is 0 Å². The molecular weight excluding hydrogens is 344 g/mol. The summed E-state index contributed by atoms with van der Waals surface area (Å²) in [5.41, 5.74) is 0.612. The summed E-state index contributed by atoms with van der Waals surface area (Å²) in [6.45, 7) is 3.40. The molecule has 0 atom stereocenters. The van der Waals surface area contributed by atoms with Crippen LogP contribution in [0.2, 0.25) is 0 Å². The van der Waals surface area contributed by atoms with Crippen LogP contribution in [0.15, 0.2) is 30.6 Å². The zero-order valence-corrected chi connectivity index (χ0v) is 14.1. The number of carbonyl (C=O) groups is 2. The number of piperazine rings is 1. The molecule has 1 aromatic heterocycles. The van der Waals surface area contributed by atoms with Crippen LogP contribution in [0, 0.1) is 11.6 Å². The minimum absolute atomic E-state index is 0.00640. The second kappa shape index (κ2) is 7.42. The number of halogens is 2. The number of anilines is 2. The molecule has 1 N–H and O–H groups in total. The quantitative estimate of drug-likeness (QED) is 0.902. The lowest BCUT2D eigenvalue weighted by Gasteiger charge is -2.34. The first kappa shape index (κ1) is 17.7. The number of aromatic nitrogens is 2. The summed E-state index contributed by atoms with van der Waals surface area (Å²) in [4.78, 5) is 35.2. The first-order chi connectivity index (χ1) is 12.4. The molecule has 9 heteroatoms. The van der Waals surface area contributed by atoms with Gasteiger partial charge in [-0.25, -0.2) is 18.7 Å². The number of nitrogens with zero attached hydrogens (tertiary/aromatic N) is 4. The topological polar surface area (TPSA) is 78.4 Å². The normalized spacial score (nSPS) is 14.3. The molecule has 1 aliphatic heterocycles. The van der Waals surface area contributed by atoms with E-state index in [-0.39, 0.29) is 17.8 Å². The van der Waals surface area contributed by atoms with Crippen LogP contribution in [0.5, 0.6) is 0 Å². The molecule has 1 aromatic carbocycles. The molecule has 7 nitrogen and oxygen atoms in total. The molecule has 26 heavy (non-hydrogen) atoms. The SMILES string of the molecule is CC(=O)N1CCN(C(=O)c2cnc(Nc3ccc(F)c(F)c3)nc2)CC1. The summed E-state index contributed by atoms with van der Waals surface area (Å²) in [5.74, 6) is -1.98. The zero-order chi connectivity index (χ0) is 18.7. The molecule has 0 radical (unpaired) electrons. The van der Waals surface area contributed by atoms with Gasteiger partial charge in [-0.1, -0.05) is 0 Å². The van der Waals surface area contributed by atoms with E-state index in [0.29, 0.717) is 37.4 Å². The Hall–Kier alpha value is -3.10. The predicted octanol–water partition coefficient (Wildman–Crippen LogP) is 1.80. The van der Waals surface area contributed by atoms with Crippen molar-refractivity contribution in [1.82, 2.24) is 19.8 Å². The number of hydrogen-bond acceptors (Lipinski definition) is 5. The van der Waals surface area contributed by atoms with Gasteiger partial charge in [0.05, 0.1) is 5.56 Å². The van der Waals surface area contributed by atoms with Gasteiger partial charge in [-0.3, -0.25) is 9.59 Å². The number of rotatable bonds is 3. The fourth-order valence-corrected chi connectivity index (χ4v) is 2.61. The molecule has 2 heterocycles. The number of hydrogen-bond donors (Lipinski definition) is 1. The third-order valence-electron chi connectivity index (χ3n) is 4.09. The highest BCUT2D eigenvalue weighted by atomic mass is 19.2. The number of nitrogens with one attached hydrogen (secondary N) is 1. The van der Waals surface area contributed by atoms with Crippen LogP contribution in [0.1, 0.15) is 17.3 Å². The first-order valence-electron chi connectivity index (χ1n) is 8.03. The van der Waals surface area contributed by atoms with Gasteiger partial charge in [0.15, 0.2) is 11.6 Å². The number of amides is 2. The van der Waals surface area contributed by atoms with Gasteiger partial charge in [-0.05, 0) is 12.1 Å². The van der Waals surface area contributed by atoms with Crippen LogP contribution >= 0.6 is 0 Å². The highest BCUT2D eigenvalue weighted by molar-refractivity contribution is 5.94. The van der Waals surface area contributed by atoms with E-state index in [1.165, 1.54) is 25.4 Å². The Bertz CT molecular complexity index is 820. The maximum atomic E-state index is 13.2. The minimum Gasteiger partial charge on any atom is -0.339 e. The van der Waals surface area contributed by atoms with Gasteiger partial charge in [-0.2, -0.15) is 0 Å². The lowest BCUT2D eigenvalue weighted by atomic mass is 10.2. The molecule has 2 amide bonds. The largest absolute Gasteiger partial charge is 0.339 e. The maximum absolute atomic E-state index is 13.2. The van der Waals surface area contributed by atoms with Crippen molar-refractivity contribution < 1.29 is 18.4 Å². The van der Waals surface area contributed by atoms with E-state index in [1.54, 1.807) is 9.80 Å². The van der Waals surface area contributed by atoms with E-state index in [1.807, 2.05) is 0 Å². The molecule has 136 valence electrons. The first-order valence-corrected chi connectivity index (χ1v) is 8.03. The minimum atomic E-state index is -0.980. The standard InChI is InChI=1S/C17H17F2N5O2/c1-11(25)23-4-6-24(7-5-23)16(26)12-9-20-17(21-10-12)22-13-2-3-14(18)15(19)8-13/h2-3,8-10H,4-7H2,1H3,(H,20,21,22). The van der Waals surface area contributed by atoms with Gasteiger partial charge in [0.1, 0.15) is 0 Å².